The fourth-order valence-corrected chi connectivity index (χ4v) is 2.14. The molecule has 174 valence electrons. The van der Waals surface area contributed by atoms with E-state index in [0.717, 1.165) is 12.5 Å². The van der Waals surface area contributed by atoms with Crippen LogP contribution in [0.15, 0.2) is 65.8 Å². The van der Waals surface area contributed by atoms with Gasteiger partial charge < -0.3 is 21.5 Å². The fraction of sp³-hybridized carbons (Fsp3) is 0.458. The molecule has 0 saturated heterocycles. The van der Waals surface area contributed by atoms with E-state index in [2.05, 4.69) is 24.1 Å². The predicted octanol–water partition coefficient (Wildman–Crippen LogP) is 4.75. The van der Waals surface area contributed by atoms with Crippen molar-refractivity contribution in [3.8, 4) is 0 Å². The molecule has 0 rings (SSSR count). The Morgan fingerprint density at radius 2 is 1.35 bits per heavy atom. The van der Waals surface area contributed by atoms with Crippen molar-refractivity contribution in [2.24, 2.45) is 16.5 Å². The summed E-state index contributed by atoms with van der Waals surface area (Å²) in [6, 6.07) is 0. The van der Waals surface area contributed by atoms with Gasteiger partial charge in [-0.3, -0.25) is 5.41 Å². The lowest BCUT2D eigenvalue weighted by atomic mass is 10.1. The van der Waals surface area contributed by atoms with Gasteiger partial charge in [-0.15, -0.1) is 0 Å². The summed E-state index contributed by atoms with van der Waals surface area (Å²) in [4.78, 5) is 15.2. The first kappa shape index (κ1) is 30.1. The van der Waals surface area contributed by atoms with Crippen molar-refractivity contribution in [3.05, 3.63) is 60.8 Å². The van der Waals surface area contributed by atoms with Gasteiger partial charge in [0.05, 0.1) is 0 Å². The third-order valence-corrected chi connectivity index (χ3v) is 3.82. The number of hydrogen-bond acceptors (Lipinski definition) is 2. The SMILES string of the molecule is CCCCCCCCCC=CC=CC=CC=CC=CC(=O)O.CN(C)C(N)=NC(=N)N. The molecule has 6 N–H and O–H groups in total. The van der Waals surface area contributed by atoms with E-state index in [1.54, 1.807) is 31.1 Å². The molecule has 0 bridgehead atoms. The molecule has 0 amide bonds. The van der Waals surface area contributed by atoms with Gasteiger partial charge in [0, 0.05) is 20.2 Å². The Bertz CT molecular complexity index is 644. The van der Waals surface area contributed by atoms with Crippen molar-refractivity contribution in [2.75, 3.05) is 14.1 Å². The van der Waals surface area contributed by atoms with Crippen LogP contribution in [0, 0.1) is 5.41 Å². The summed E-state index contributed by atoms with van der Waals surface area (Å²) in [5.41, 5.74) is 10.2. The van der Waals surface area contributed by atoms with Crippen molar-refractivity contribution in [1.82, 2.24) is 4.90 Å². The second-order valence-corrected chi connectivity index (χ2v) is 6.94. The van der Waals surface area contributed by atoms with E-state index < -0.39 is 5.97 Å². The number of carboxylic acid groups (broad SMARTS) is 1. The Balaban J connectivity index is 0. The molecule has 0 aliphatic carbocycles. The van der Waals surface area contributed by atoms with Crippen LogP contribution >= 0.6 is 0 Å². The summed E-state index contributed by atoms with van der Waals surface area (Å²) < 4.78 is 0. The summed E-state index contributed by atoms with van der Waals surface area (Å²) in [7, 11) is 3.45. The molecule has 0 heterocycles. The molecule has 0 unspecified atom stereocenters. The summed E-state index contributed by atoms with van der Waals surface area (Å²) >= 11 is 0. The Labute approximate surface area is 188 Å². The van der Waals surface area contributed by atoms with Crippen LogP contribution in [0.4, 0.5) is 0 Å². The van der Waals surface area contributed by atoms with E-state index >= 15 is 0 Å². The van der Waals surface area contributed by atoms with Crippen molar-refractivity contribution in [2.45, 2.75) is 58.3 Å². The van der Waals surface area contributed by atoms with Crippen molar-refractivity contribution in [1.29, 1.82) is 5.41 Å². The highest BCUT2D eigenvalue weighted by Gasteiger charge is 1.92. The lowest BCUT2D eigenvalue weighted by Gasteiger charge is -2.08. The van der Waals surface area contributed by atoms with Crippen LogP contribution in [0.1, 0.15) is 58.3 Å². The fourth-order valence-electron chi connectivity index (χ4n) is 2.14. The van der Waals surface area contributed by atoms with Gasteiger partial charge in [0.2, 0.25) is 5.96 Å². The van der Waals surface area contributed by atoms with Gasteiger partial charge >= 0.3 is 5.97 Å². The van der Waals surface area contributed by atoms with E-state index in [9.17, 15) is 4.79 Å². The molecule has 0 aromatic rings. The van der Waals surface area contributed by atoms with E-state index in [-0.39, 0.29) is 11.9 Å². The second kappa shape index (κ2) is 23.2. The maximum atomic E-state index is 10.2. The van der Waals surface area contributed by atoms with Crippen LogP contribution in [0.2, 0.25) is 0 Å². The number of nitrogens with zero attached hydrogens (tertiary/aromatic N) is 2. The number of nitrogens with one attached hydrogen (secondary N) is 1. The molecule has 31 heavy (non-hydrogen) atoms. The molecule has 0 radical (unpaired) electrons. The molecule has 0 atom stereocenters. The average Bonchev–Trinajstić information content (AvgIpc) is 2.70. The highest BCUT2D eigenvalue weighted by Crippen LogP contribution is 2.08. The zero-order valence-corrected chi connectivity index (χ0v) is 19.3. The highest BCUT2D eigenvalue weighted by atomic mass is 16.4. The van der Waals surface area contributed by atoms with Gasteiger partial charge in [0.1, 0.15) is 0 Å². The summed E-state index contributed by atoms with van der Waals surface area (Å²) in [5, 5.41) is 15.1. The number of rotatable bonds is 13. The number of guanidine groups is 2. The van der Waals surface area contributed by atoms with Gasteiger partial charge in [-0.2, -0.15) is 4.99 Å². The lowest BCUT2D eigenvalue weighted by molar-refractivity contribution is -0.131. The van der Waals surface area contributed by atoms with E-state index in [4.69, 9.17) is 22.0 Å². The normalized spacial score (nSPS) is 12.3. The number of nitrogens with two attached hydrogens (primary N) is 2. The maximum Gasteiger partial charge on any atom is 0.328 e. The first-order valence-corrected chi connectivity index (χ1v) is 10.7. The van der Waals surface area contributed by atoms with Crippen molar-refractivity contribution >= 4 is 17.9 Å². The Morgan fingerprint density at radius 3 is 1.81 bits per heavy atom. The molecule has 0 fully saturated rings. The topological polar surface area (TPSA) is 129 Å². The van der Waals surface area contributed by atoms with E-state index in [0.29, 0.717) is 0 Å². The molecular formula is C24H41N5O2. The van der Waals surface area contributed by atoms with Crippen LogP contribution in [0.25, 0.3) is 0 Å². The van der Waals surface area contributed by atoms with Gasteiger partial charge in [0.25, 0.3) is 0 Å². The van der Waals surface area contributed by atoms with Crippen LogP contribution < -0.4 is 11.5 Å². The minimum atomic E-state index is -0.931. The van der Waals surface area contributed by atoms with Crippen LogP contribution in [0.3, 0.4) is 0 Å². The third-order valence-electron chi connectivity index (χ3n) is 3.82. The van der Waals surface area contributed by atoms with Gasteiger partial charge in [0.15, 0.2) is 5.96 Å². The molecule has 0 aliphatic heterocycles. The standard InChI is InChI=1S/C20H30O2.C4H11N5/c1-2-3-4-5-6-7-8-9-10-11-12-13-14-15-16-17-18-19-20(21)22;1-9(2)4(7)8-3(5)6/h10-19H,2-9H2,1H3,(H,21,22);1-2H3,(H5,5,6,7,8). The number of unbranched alkanes of at least 4 members (excludes halogenated alkanes) is 7. The molecule has 7 nitrogen and oxygen atoms in total. The quantitative estimate of drug-likeness (QED) is 0.110. The average molecular weight is 432 g/mol. The first-order chi connectivity index (χ1) is 14.8. The summed E-state index contributed by atoms with van der Waals surface area (Å²) in [6.07, 6.45) is 28.8. The first-order valence-electron chi connectivity index (χ1n) is 10.7. The van der Waals surface area contributed by atoms with E-state index in [1.165, 1.54) is 51.0 Å². The number of carboxylic acids is 1. The predicted molar refractivity (Wildman–Crippen MR) is 133 cm³/mol. The monoisotopic (exact) mass is 431 g/mol. The second-order valence-electron chi connectivity index (χ2n) is 6.94. The lowest BCUT2D eigenvalue weighted by Crippen LogP contribution is -2.32. The summed E-state index contributed by atoms with van der Waals surface area (Å²) in [6.45, 7) is 2.25. The molecule has 0 spiro atoms. The van der Waals surface area contributed by atoms with E-state index in [1.807, 2.05) is 24.3 Å². The molecule has 0 saturated carbocycles. The molecule has 0 aromatic heterocycles. The number of aliphatic carboxylic acids is 1. The van der Waals surface area contributed by atoms with Gasteiger partial charge in [-0.25, -0.2) is 4.79 Å². The Morgan fingerprint density at radius 1 is 0.871 bits per heavy atom. The minimum absolute atomic E-state index is 0.238. The van der Waals surface area contributed by atoms with Crippen LogP contribution in [-0.4, -0.2) is 42.0 Å². The van der Waals surface area contributed by atoms with Crippen LogP contribution in [-0.2, 0) is 4.79 Å². The molecule has 7 heteroatoms. The van der Waals surface area contributed by atoms with Gasteiger partial charge in [-0.05, 0) is 12.8 Å². The zero-order valence-electron chi connectivity index (χ0n) is 19.3. The molecule has 0 aromatic carbocycles. The number of carbonyl (C=O) groups is 1. The molecular weight excluding hydrogens is 390 g/mol. The maximum absolute atomic E-state index is 10.2. The Hall–Kier alpha value is -3.09. The van der Waals surface area contributed by atoms with Gasteiger partial charge in [-0.1, -0.05) is 100 Å². The zero-order chi connectivity index (χ0) is 23.7. The largest absolute Gasteiger partial charge is 0.478 e. The van der Waals surface area contributed by atoms with Crippen molar-refractivity contribution in [3.63, 3.8) is 0 Å². The summed E-state index contributed by atoms with van der Waals surface area (Å²) in [5.74, 6) is -0.969. The minimum Gasteiger partial charge on any atom is -0.478 e. The number of allylic oxidation sites excluding steroid dienone is 9. The molecule has 0 aliphatic rings. The Kier molecular flexibility index (Phi) is 22.5. The van der Waals surface area contributed by atoms with Crippen molar-refractivity contribution < 1.29 is 9.90 Å². The smallest absolute Gasteiger partial charge is 0.328 e. The van der Waals surface area contributed by atoms with Crippen LogP contribution in [0.5, 0.6) is 0 Å². The number of aliphatic imine (C=N–C) groups is 1. The number of hydrogen-bond donors (Lipinski definition) is 4. The highest BCUT2D eigenvalue weighted by molar-refractivity contribution is 5.91. The third kappa shape index (κ3) is 29.2.